The number of hydrogen-bond donors (Lipinski definition) is 1. The molecule has 2 aliphatic carbocycles. The van der Waals surface area contributed by atoms with E-state index in [1.807, 2.05) is 11.8 Å². The van der Waals surface area contributed by atoms with E-state index in [0.29, 0.717) is 6.54 Å². The summed E-state index contributed by atoms with van der Waals surface area (Å²) in [6.07, 6.45) is 7.24. The summed E-state index contributed by atoms with van der Waals surface area (Å²) in [7, 11) is 0. The fourth-order valence-electron chi connectivity index (χ4n) is 4.25. The Balaban J connectivity index is 1.83. The zero-order chi connectivity index (χ0) is 12.8. The summed E-state index contributed by atoms with van der Waals surface area (Å²) in [4.78, 5) is 13.9. The van der Waals surface area contributed by atoms with Crippen LogP contribution >= 0.6 is 0 Å². The van der Waals surface area contributed by atoms with Crippen molar-refractivity contribution in [1.29, 1.82) is 0 Å². The van der Waals surface area contributed by atoms with Gasteiger partial charge in [0.1, 0.15) is 6.10 Å². The average Bonchev–Trinajstić information content (AvgIpc) is 2.91. The molecule has 0 aromatic heterocycles. The predicted molar refractivity (Wildman–Crippen MR) is 67.2 cm³/mol. The van der Waals surface area contributed by atoms with Crippen LogP contribution < -0.4 is 0 Å². The smallest absolute Gasteiger partial charge is 0.410 e. The van der Waals surface area contributed by atoms with Gasteiger partial charge in [-0.05, 0) is 44.4 Å². The molecule has 2 saturated carbocycles. The number of hydrogen-bond acceptors (Lipinski definition) is 3. The molecule has 3 atom stereocenters. The van der Waals surface area contributed by atoms with E-state index in [2.05, 4.69) is 0 Å². The minimum atomic E-state index is -0.245. The van der Waals surface area contributed by atoms with Gasteiger partial charge in [-0.15, -0.1) is 0 Å². The number of ether oxygens (including phenoxy) is 1. The summed E-state index contributed by atoms with van der Waals surface area (Å²) in [5, 5.41) is 9.96. The number of aliphatic hydroxyl groups excluding tert-OH is 1. The number of amides is 1. The normalized spacial score (nSPS) is 39.3. The topological polar surface area (TPSA) is 49.8 Å². The van der Waals surface area contributed by atoms with Gasteiger partial charge in [0.05, 0.1) is 12.6 Å². The lowest BCUT2D eigenvalue weighted by atomic mass is 9.67. The van der Waals surface area contributed by atoms with Crippen molar-refractivity contribution in [2.45, 2.75) is 70.1 Å². The van der Waals surface area contributed by atoms with Crippen LogP contribution in [-0.2, 0) is 4.74 Å². The van der Waals surface area contributed by atoms with Crippen LogP contribution in [0.2, 0.25) is 0 Å². The van der Waals surface area contributed by atoms with Gasteiger partial charge < -0.3 is 14.7 Å². The van der Waals surface area contributed by atoms with Crippen LogP contribution in [0.1, 0.15) is 51.9 Å². The number of aliphatic hydroxyl groups is 1. The van der Waals surface area contributed by atoms with Gasteiger partial charge in [-0.1, -0.05) is 12.8 Å². The zero-order valence-electron chi connectivity index (χ0n) is 11.1. The van der Waals surface area contributed by atoms with Crippen LogP contribution in [0.3, 0.4) is 0 Å². The first-order valence-electron chi connectivity index (χ1n) is 7.26. The summed E-state index contributed by atoms with van der Waals surface area (Å²) in [5.74, 6) is 0. The second-order valence-corrected chi connectivity index (χ2v) is 6.36. The molecule has 4 nitrogen and oxygen atoms in total. The standard InChI is InChI=1S/C14H23NO3/c1-10-9-15(13(17)18-10)12-8-11(16)4-7-14(12)5-2-3-6-14/h10-12,16H,2-9H2,1H3. The molecular weight excluding hydrogens is 230 g/mol. The first-order valence-corrected chi connectivity index (χ1v) is 7.26. The third-order valence-corrected chi connectivity index (χ3v) is 5.14. The Kier molecular flexibility index (Phi) is 3.00. The fraction of sp³-hybridized carbons (Fsp3) is 0.929. The third kappa shape index (κ3) is 1.91. The van der Waals surface area contributed by atoms with Crippen LogP contribution in [0.15, 0.2) is 0 Å². The molecule has 18 heavy (non-hydrogen) atoms. The van der Waals surface area contributed by atoms with E-state index in [0.717, 1.165) is 19.3 Å². The highest BCUT2D eigenvalue weighted by molar-refractivity contribution is 5.70. The van der Waals surface area contributed by atoms with E-state index in [1.54, 1.807) is 0 Å². The Morgan fingerprint density at radius 3 is 2.67 bits per heavy atom. The van der Waals surface area contributed by atoms with Crippen LogP contribution in [0.25, 0.3) is 0 Å². The molecule has 1 saturated heterocycles. The first kappa shape index (κ1) is 12.3. The van der Waals surface area contributed by atoms with Gasteiger partial charge in [-0.25, -0.2) is 4.79 Å². The molecule has 3 aliphatic rings. The van der Waals surface area contributed by atoms with E-state index in [4.69, 9.17) is 4.74 Å². The molecule has 3 rings (SSSR count). The molecule has 0 aromatic carbocycles. The minimum Gasteiger partial charge on any atom is -0.444 e. The third-order valence-electron chi connectivity index (χ3n) is 5.14. The predicted octanol–water partition coefficient (Wildman–Crippen LogP) is 2.30. The van der Waals surface area contributed by atoms with Crippen molar-refractivity contribution in [2.75, 3.05) is 6.54 Å². The molecule has 1 N–H and O–H groups in total. The highest BCUT2D eigenvalue weighted by Gasteiger charge is 2.50. The Bertz CT molecular complexity index is 338. The highest BCUT2D eigenvalue weighted by atomic mass is 16.6. The molecule has 3 fully saturated rings. The van der Waals surface area contributed by atoms with Gasteiger partial charge in [0.2, 0.25) is 0 Å². The molecule has 0 bridgehead atoms. The molecule has 0 radical (unpaired) electrons. The molecular formula is C14H23NO3. The molecule has 1 spiro atoms. The molecule has 1 heterocycles. The second kappa shape index (κ2) is 4.41. The Hall–Kier alpha value is -0.770. The average molecular weight is 253 g/mol. The summed E-state index contributed by atoms with van der Waals surface area (Å²) < 4.78 is 5.27. The lowest BCUT2D eigenvalue weighted by molar-refractivity contribution is -0.00675. The van der Waals surface area contributed by atoms with Crippen molar-refractivity contribution in [3.05, 3.63) is 0 Å². The van der Waals surface area contributed by atoms with Crippen LogP contribution in [-0.4, -0.2) is 40.9 Å². The van der Waals surface area contributed by atoms with Gasteiger partial charge in [0, 0.05) is 6.04 Å². The minimum absolute atomic E-state index is 0.00461. The quantitative estimate of drug-likeness (QED) is 0.780. The molecule has 1 aliphatic heterocycles. The van der Waals surface area contributed by atoms with Crippen molar-refractivity contribution in [3.8, 4) is 0 Å². The van der Waals surface area contributed by atoms with Crippen molar-refractivity contribution in [1.82, 2.24) is 4.90 Å². The van der Waals surface area contributed by atoms with Crippen molar-refractivity contribution >= 4 is 6.09 Å². The van der Waals surface area contributed by atoms with Gasteiger partial charge in [0.25, 0.3) is 0 Å². The van der Waals surface area contributed by atoms with Crippen molar-refractivity contribution < 1.29 is 14.6 Å². The lowest BCUT2D eigenvalue weighted by Crippen LogP contribution is -2.52. The SMILES string of the molecule is CC1CN(C2CC(O)CCC23CCCC3)C(=O)O1. The van der Waals surface area contributed by atoms with E-state index < -0.39 is 0 Å². The van der Waals surface area contributed by atoms with Crippen LogP contribution in [0.5, 0.6) is 0 Å². The fourth-order valence-corrected chi connectivity index (χ4v) is 4.25. The van der Waals surface area contributed by atoms with E-state index in [1.165, 1.54) is 25.7 Å². The monoisotopic (exact) mass is 253 g/mol. The maximum atomic E-state index is 12.0. The van der Waals surface area contributed by atoms with Gasteiger partial charge in [-0.2, -0.15) is 0 Å². The Morgan fingerprint density at radius 1 is 1.33 bits per heavy atom. The first-order chi connectivity index (χ1) is 8.61. The molecule has 4 heteroatoms. The number of rotatable bonds is 1. The van der Waals surface area contributed by atoms with Gasteiger partial charge in [0.15, 0.2) is 0 Å². The van der Waals surface area contributed by atoms with Gasteiger partial charge >= 0.3 is 6.09 Å². The van der Waals surface area contributed by atoms with Crippen molar-refractivity contribution in [3.63, 3.8) is 0 Å². The second-order valence-electron chi connectivity index (χ2n) is 6.36. The van der Waals surface area contributed by atoms with E-state index in [-0.39, 0.29) is 29.8 Å². The molecule has 0 aromatic rings. The Morgan fingerprint density at radius 2 is 2.06 bits per heavy atom. The summed E-state index contributed by atoms with van der Waals surface area (Å²) in [6.45, 7) is 2.64. The largest absolute Gasteiger partial charge is 0.444 e. The highest BCUT2D eigenvalue weighted by Crippen LogP contribution is 2.51. The molecule has 1 amide bonds. The van der Waals surface area contributed by atoms with Crippen molar-refractivity contribution in [2.24, 2.45) is 5.41 Å². The summed E-state index contributed by atoms with van der Waals surface area (Å²) in [6, 6.07) is 0.196. The zero-order valence-corrected chi connectivity index (χ0v) is 11.1. The maximum absolute atomic E-state index is 12.0. The number of cyclic esters (lactones) is 1. The number of carbonyl (C=O) groups is 1. The van der Waals surface area contributed by atoms with E-state index in [9.17, 15) is 9.90 Å². The maximum Gasteiger partial charge on any atom is 0.410 e. The Labute approximate surface area is 108 Å². The van der Waals surface area contributed by atoms with E-state index >= 15 is 0 Å². The number of nitrogens with zero attached hydrogens (tertiary/aromatic N) is 1. The molecule has 102 valence electrons. The van der Waals surface area contributed by atoms with Crippen LogP contribution in [0, 0.1) is 5.41 Å². The lowest BCUT2D eigenvalue weighted by Gasteiger charge is -2.46. The number of carbonyl (C=O) groups excluding carboxylic acids is 1. The summed E-state index contributed by atoms with van der Waals surface area (Å²) >= 11 is 0. The van der Waals surface area contributed by atoms with Crippen LogP contribution in [0.4, 0.5) is 4.79 Å². The molecule has 3 unspecified atom stereocenters. The van der Waals surface area contributed by atoms with Gasteiger partial charge in [-0.3, -0.25) is 0 Å². The summed E-state index contributed by atoms with van der Waals surface area (Å²) in [5.41, 5.74) is 0.266.